The minimum absolute atomic E-state index is 0.0257. The number of piperidine rings is 1. The molecule has 248 valence electrons. The molecule has 8 N–H and O–H groups in total. The Morgan fingerprint density at radius 2 is 1.47 bits per heavy atom. The Kier molecular flexibility index (Phi) is 14.8. The molecular weight excluding hydrogens is 620 g/mol. The minimum atomic E-state index is -5.08. The number of nitrogens with zero attached hydrogens (tertiary/aromatic N) is 1. The van der Waals surface area contributed by atoms with Gasteiger partial charge in [-0.25, -0.2) is 9.59 Å². The van der Waals surface area contributed by atoms with Gasteiger partial charge in [0.15, 0.2) is 5.84 Å². The zero-order chi connectivity index (χ0) is 34.4. The Bertz CT molecular complexity index is 1280. The number of halogens is 6. The molecule has 1 aliphatic rings. The highest BCUT2D eigenvalue weighted by Crippen LogP contribution is 2.27. The molecule has 0 spiro atoms. The number of carbonyl (C=O) groups excluding carboxylic acids is 2. The number of nitrogens with one attached hydrogen (secondary N) is 3. The van der Waals surface area contributed by atoms with E-state index in [0.29, 0.717) is 24.4 Å². The fourth-order valence-electron chi connectivity index (χ4n) is 3.72. The molecule has 2 aromatic rings. The van der Waals surface area contributed by atoms with Gasteiger partial charge in [-0.15, -0.1) is 0 Å². The number of rotatable bonds is 7. The van der Waals surface area contributed by atoms with Crippen molar-refractivity contribution in [1.82, 2.24) is 16.0 Å². The standard InChI is InChI=1S/C23H29N5O3.2C2HF3O2/c1-15(22(29)26-14-16-7-9-18(10-8-16)21(24)28-31)27-23(30)20-13-19(11-12-25-20)17-5-3-2-4-6-17;2*3-2(4,5)1(6)7/h2-10,15,19-20,25,31H,11-14H2,1H3,(H2,24,28)(H,26,29)(H,27,30);2*(H,6,7)/t15-,19-,20+;;/m0../s1. The summed E-state index contributed by atoms with van der Waals surface area (Å²) in [5.74, 6) is -5.58. The third-order valence-electron chi connectivity index (χ3n) is 6.05. The molecule has 3 atom stereocenters. The number of aliphatic carboxylic acids is 2. The summed E-state index contributed by atoms with van der Waals surface area (Å²) in [6.07, 6.45) is -8.48. The van der Waals surface area contributed by atoms with Gasteiger partial charge < -0.3 is 37.1 Å². The number of carboxylic acids is 2. The first-order valence-corrected chi connectivity index (χ1v) is 12.9. The first kappa shape index (κ1) is 38.2. The molecule has 2 aromatic carbocycles. The van der Waals surface area contributed by atoms with E-state index in [1.54, 1.807) is 31.2 Å². The average Bonchev–Trinajstić information content (AvgIpc) is 2.99. The number of carboxylic acid groups (broad SMARTS) is 2. The van der Waals surface area contributed by atoms with Gasteiger partial charge in [0.1, 0.15) is 6.04 Å². The summed E-state index contributed by atoms with van der Waals surface area (Å²) in [6.45, 7) is 2.75. The van der Waals surface area contributed by atoms with Crippen LogP contribution in [0.1, 0.15) is 42.4 Å². The van der Waals surface area contributed by atoms with Gasteiger partial charge >= 0.3 is 24.3 Å². The summed E-state index contributed by atoms with van der Waals surface area (Å²) < 4.78 is 63.5. The van der Waals surface area contributed by atoms with Gasteiger partial charge in [-0.05, 0) is 43.4 Å². The Morgan fingerprint density at radius 3 is 1.93 bits per heavy atom. The molecule has 1 aliphatic heterocycles. The van der Waals surface area contributed by atoms with Crippen LogP contribution in [-0.4, -0.2) is 76.0 Å². The maximum Gasteiger partial charge on any atom is 0.490 e. The number of alkyl halides is 6. The molecule has 3 rings (SSSR count). The van der Waals surface area contributed by atoms with Gasteiger partial charge in [0.25, 0.3) is 0 Å². The third-order valence-corrected chi connectivity index (χ3v) is 6.05. The summed E-state index contributed by atoms with van der Waals surface area (Å²) in [4.78, 5) is 42.9. The number of hydrogen-bond donors (Lipinski definition) is 7. The Morgan fingerprint density at radius 1 is 0.956 bits per heavy atom. The van der Waals surface area contributed by atoms with E-state index in [-0.39, 0.29) is 23.7 Å². The summed E-state index contributed by atoms with van der Waals surface area (Å²) >= 11 is 0. The monoisotopic (exact) mass is 651 g/mol. The molecule has 0 radical (unpaired) electrons. The van der Waals surface area contributed by atoms with E-state index in [1.165, 1.54) is 5.56 Å². The predicted octanol–water partition coefficient (Wildman–Crippen LogP) is 2.70. The van der Waals surface area contributed by atoms with Crippen molar-refractivity contribution in [3.8, 4) is 0 Å². The molecule has 0 aromatic heterocycles. The zero-order valence-corrected chi connectivity index (χ0v) is 23.5. The lowest BCUT2D eigenvalue weighted by atomic mass is 9.86. The van der Waals surface area contributed by atoms with E-state index in [4.69, 9.17) is 30.7 Å². The summed E-state index contributed by atoms with van der Waals surface area (Å²) in [5.41, 5.74) is 8.23. The van der Waals surface area contributed by atoms with Crippen molar-refractivity contribution < 1.29 is 60.9 Å². The van der Waals surface area contributed by atoms with Crippen molar-refractivity contribution in [2.45, 2.75) is 56.7 Å². The van der Waals surface area contributed by atoms with Crippen molar-refractivity contribution >= 4 is 29.6 Å². The zero-order valence-electron chi connectivity index (χ0n) is 23.5. The van der Waals surface area contributed by atoms with Crippen LogP contribution in [0.3, 0.4) is 0 Å². The SMILES string of the molecule is C[C@H](NC(=O)[C@H]1C[C@@H](c2ccccc2)CCN1)C(=O)NCc1ccc(/C(N)=N/O)cc1.O=C(O)C(F)(F)F.O=C(O)C(F)(F)F. The molecule has 12 nitrogen and oxygen atoms in total. The van der Waals surface area contributed by atoms with Crippen molar-refractivity contribution in [1.29, 1.82) is 0 Å². The van der Waals surface area contributed by atoms with E-state index in [0.717, 1.165) is 18.5 Å². The highest BCUT2D eigenvalue weighted by Gasteiger charge is 2.39. The number of hydrogen-bond acceptors (Lipinski definition) is 7. The molecule has 2 amide bonds. The molecular formula is C27H31F6N5O7. The molecule has 0 aliphatic carbocycles. The first-order chi connectivity index (χ1) is 20.9. The summed E-state index contributed by atoms with van der Waals surface area (Å²) in [5, 5.41) is 34.8. The van der Waals surface area contributed by atoms with Crippen LogP contribution in [0.5, 0.6) is 0 Å². The highest BCUT2D eigenvalue weighted by molar-refractivity contribution is 5.97. The lowest BCUT2D eigenvalue weighted by Gasteiger charge is -2.30. The fourth-order valence-corrected chi connectivity index (χ4v) is 3.72. The number of amides is 2. The largest absolute Gasteiger partial charge is 0.490 e. The van der Waals surface area contributed by atoms with Crippen LogP contribution in [0.25, 0.3) is 0 Å². The molecule has 18 heteroatoms. The molecule has 0 bridgehead atoms. The quantitative estimate of drug-likeness (QED) is 0.0772. The van der Waals surface area contributed by atoms with Gasteiger partial charge in [0.2, 0.25) is 11.8 Å². The third kappa shape index (κ3) is 14.0. The number of nitrogens with two attached hydrogens (primary N) is 1. The molecule has 45 heavy (non-hydrogen) atoms. The van der Waals surface area contributed by atoms with Crippen molar-refractivity contribution in [3.05, 3.63) is 71.3 Å². The second-order valence-corrected chi connectivity index (χ2v) is 9.37. The highest BCUT2D eigenvalue weighted by atomic mass is 19.4. The smallest absolute Gasteiger partial charge is 0.475 e. The number of amidine groups is 1. The molecule has 1 saturated heterocycles. The van der Waals surface area contributed by atoms with Gasteiger partial charge in [0, 0.05) is 12.1 Å². The lowest BCUT2D eigenvalue weighted by Crippen LogP contribution is -2.53. The lowest BCUT2D eigenvalue weighted by molar-refractivity contribution is -0.193. The summed E-state index contributed by atoms with van der Waals surface area (Å²) in [6, 6.07) is 16.2. The van der Waals surface area contributed by atoms with Crippen molar-refractivity contribution in [3.63, 3.8) is 0 Å². The molecule has 1 heterocycles. The van der Waals surface area contributed by atoms with Gasteiger partial charge in [-0.3, -0.25) is 9.59 Å². The Balaban J connectivity index is 0.000000601. The van der Waals surface area contributed by atoms with Crippen LogP contribution < -0.4 is 21.7 Å². The fraction of sp³-hybridized carbons (Fsp3) is 0.370. The topological polar surface area (TPSA) is 203 Å². The first-order valence-electron chi connectivity index (χ1n) is 12.9. The van der Waals surface area contributed by atoms with E-state index in [9.17, 15) is 35.9 Å². The van der Waals surface area contributed by atoms with Crippen LogP contribution in [0.15, 0.2) is 59.8 Å². The van der Waals surface area contributed by atoms with Crippen LogP contribution >= 0.6 is 0 Å². The maximum absolute atomic E-state index is 12.7. The van der Waals surface area contributed by atoms with Crippen molar-refractivity contribution in [2.24, 2.45) is 10.9 Å². The van der Waals surface area contributed by atoms with E-state index >= 15 is 0 Å². The van der Waals surface area contributed by atoms with E-state index in [2.05, 4.69) is 33.2 Å². The van der Waals surface area contributed by atoms with E-state index in [1.807, 2.05) is 18.2 Å². The Hall–Kier alpha value is -4.87. The number of carbonyl (C=O) groups is 4. The predicted molar refractivity (Wildman–Crippen MR) is 146 cm³/mol. The second kappa shape index (κ2) is 17.4. The van der Waals surface area contributed by atoms with Crippen LogP contribution in [-0.2, 0) is 25.7 Å². The minimum Gasteiger partial charge on any atom is -0.475 e. The molecule has 1 fully saturated rings. The van der Waals surface area contributed by atoms with Crippen molar-refractivity contribution in [2.75, 3.05) is 6.54 Å². The normalized spacial score (nSPS) is 17.3. The van der Waals surface area contributed by atoms with Crippen LogP contribution in [0.2, 0.25) is 0 Å². The number of oxime groups is 1. The van der Waals surface area contributed by atoms with Crippen LogP contribution in [0, 0.1) is 0 Å². The summed E-state index contributed by atoms with van der Waals surface area (Å²) in [7, 11) is 0. The van der Waals surface area contributed by atoms with Gasteiger partial charge in [-0.2, -0.15) is 26.3 Å². The maximum atomic E-state index is 12.7. The van der Waals surface area contributed by atoms with E-state index < -0.39 is 30.3 Å². The molecule has 0 saturated carbocycles. The number of benzene rings is 2. The van der Waals surface area contributed by atoms with Gasteiger partial charge in [-0.1, -0.05) is 59.8 Å². The van der Waals surface area contributed by atoms with Gasteiger partial charge in [0.05, 0.1) is 6.04 Å². The Labute approximate surface area is 252 Å². The average molecular weight is 652 g/mol. The van der Waals surface area contributed by atoms with Crippen LogP contribution in [0.4, 0.5) is 26.3 Å². The molecule has 0 unspecified atom stereocenters. The second-order valence-electron chi connectivity index (χ2n) is 9.37.